The molecule has 1 N–H and O–H groups in total. The van der Waals surface area contributed by atoms with Crippen LogP contribution in [-0.4, -0.2) is 45.2 Å². The average Bonchev–Trinajstić information content (AvgIpc) is 2.77. The number of ether oxygens (including phenoxy) is 4. The van der Waals surface area contributed by atoms with Crippen LogP contribution in [0.25, 0.3) is 0 Å². The number of methoxy groups -OCH3 is 2. The van der Waals surface area contributed by atoms with Crippen LogP contribution in [0.15, 0.2) is 34.5 Å². The van der Waals surface area contributed by atoms with Crippen molar-refractivity contribution in [2.45, 2.75) is 26.8 Å². The van der Waals surface area contributed by atoms with E-state index in [0.717, 1.165) is 0 Å². The molecule has 0 heterocycles. The van der Waals surface area contributed by atoms with Crippen molar-refractivity contribution in [3.05, 3.63) is 34.3 Å². The largest absolute Gasteiger partial charge is 0.495 e. The maximum Gasteiger partial charge on any atom is 0.258 e. The molecule has 0 saturated carbocycles. The molecule has 33 heavy (non-hydrogen) atoms. The molecule has 0 radical (unpaired) electrons. The molecular formula is C22H25Cl2N3O6. The number of nitrogens with zero attached hydrogens (tertiary/aromatic N) is 2. The van der Waals surface area contributed by atoms with Crippen molar-refractivity contribution in [3.63, 3.8) is 0 Å². The number of Topliss-reactive ketones (excluding diaryl/α,β-unsaturated/α-hetero) is 1. The smallest absolute Gasteiger partial charge is 0.258 e. The van der Waals surface area contributed by atoms with Crippen LogP contribution < -0.4 is 24.3 Å². The highest BCUT2D eigenvalue weighted by molar-refractivity contribution is 6.34. The molecule has 0 saturated heterocycles. The first kappa shape index (κ1) is 26.2. The molecular weight excluding hydrogens is 473 g/mol. The number of carbonyl (C=O) groups is 2. The summed E-state index contributed by atoms with van der Waals surface area (Å²) in [5.41, 5.74) is 0.394. The van der Waals surface area contributed by atoms with Gasteiger partial charge in [-0.05, 0) is 32.9 Å². The summed E-state index contributed by atoms with van der Waals surface area (Å²) in [7, 11) is 2.87. The number of halogens is 2. The molecule has 178 valence electrons. The molecule has 0 aromatic heterocycles. The Morgan fingerprint density at radius 3 is 2.15 bits per heavy atom. The van der Waals surface area contributed by atoms with Crippen LogP contribution in [0.3, 0.4) is 0 Å². The first-order valence-corrected chi connectivity index (χ1v) is 10.7. The van der Waals surface area contributed by atoms with Crippen LogP contribution in [0.1, 0.15) is 20.8 Å². The van der Waals surface area contributed by atoms with Crippen LogP contribution in [0.2, 0.25) is 10.0 Å². The van der Waals surface area contributed by atoms with Crippen molar-refractivity contribution in [3.8, 4) is 23.0 Å². The number of benzene rings is 2. The predicted octanol–water partition coefficient (Wildman–Crippen LogP) is 5.49. The highest BCUT2D eigenvalue weighted by Gasteiger charge is 2.26. The van der Waals surface area contributed by atoms with E-state index in [1.807, 2.05) is 0 Å². The van der Waals surface area contributed by atoms with Gasteiger partial charge in [-0.1, -0.05) is 23.2 Å². The standard InChI is InChI=1S/C22H25Cl2N3O6/c1-6-32-17-11-14(18(33-7-2)10-13(17)23)25-22(29)20(12(3)28)26-27-21-16(31-5)9-8-15(30-4)19(21)24/h8-11,20H,6-7H2,1-5H3,(H,25,29). The lowest BCUT2D eigenvalue weighted by Gasteiger charge is -2.16. The topological polar surface area (TPSA) is 108 Å². The maximum atomic E-state index is 12.9. The van der Waals surface area contributed by atoms with Gasteiger partial charge in [0.2, 0.25) is 6.04 Å². The van der Waals surface area contributed by atoms with E-state index in [2.05, 4.69) is 15.5 Å². The fraction of sp³-hybridized carbons (Fsp3) is 0.364. The lowest BCUT2D eigenvalue weighted by molar-refractivity contribution is -0.126. The number of ketones is 1. The lowest BCUT2D eigenvalue weighted by atomic mass is 10.2. The molecule has 9 nitrogen and oxygen atoms in total. The second-order valence-corrected chi connectivity index (χ2v) is 7.28. The third-order valence-electron chi connectivity index (χ3n) is 4.28. The number of nitrogens with one attached hydrogen (secondary N) is 1. The highest BCUT2D eigenvalue weighted by atomic mass is 35.5. The van der Waals surface area contributed by atoms with Crippen molar-refractivity contribution in [1.82, 2.24) is 0 Å². The molecule has 1 atom stereocenters. The number of carbonyl (C=O) groups excluding carboxylic acids is 2. The molecule has 0 bridgehead atoms. The quantitative estimate of drug-likeness (QED) is 0.324. The van der Waals surface area contributed by atoms with Gasteiger partial charge in [-0.3, -0.25) is 9.59 Å². The maximum absolute atomic E-state index is 12.9. The van der Waals surface area contributed by atoms with Gasteiger partial charge in [0.05, 0.1) is 38.1 Å². The molecule has 11 heteroatoms. The van der Waals surface area contributed by atoms with Crippen LogP contribution in [0.5, 0.6) is 23.0 Å². The number of rotatable bonds is 11. The third-order valence-corrected chi connectivity index (χ3v) is 4.94. The Bertz CT molecular complexity index is 1050. The highest BCUT2D eigenvalue weighted by Crippen LogP contribution is 2.42. The second-order valence-electron chi connectivity index (χ2n) is 6.50. The number of azo groups is 1. The zero-order valence-electron chi connectivity index (χ0n) is 18.9. The van der Waals surface area contributed by atoms with Gasteiger partial charge < -0.3 is 24.3 Å². The molecule has 1 amide bonds. The van der Waals surface area contributed by atoms with Gasteiger partial charge in [0.15, 0.2) is 5.78 Å². The van der Waals surface area contributed by atoms with Gasteiger partial charge in [0, 0.05) is 12.1 Å². The fourth-order valence-electron chi connectivity index (χ4n) is 2.75. The van der Waals surface area contributed by atoms with E-state index in [1.165, 1.54) is 33.3 Å². The first-order valence-electron chi connectivity index (χ1n) is 9.99. The SMILES string of the molecule is CCOc1cc(NC(=O)C(N=Nc2c(OC)ccc(OC)c2Cl)C(C)=O)c(OCC)cc1Cl. The van der Waals surface area contributed by atoms with Gasteiger partial charge in [0.1, 0.15) is 33.7 Å². The molecule has 0 fully saturated rings. The number of hydrogen-bond donors (Lipinski definition) is 1. The zero-order valence-corrected chi connectivity index (χ0v) is 20.4. The minimum absolute atomic E-state index is 0.123. The number of anilines is 1. The van der Waals surface area contributed by atoms with E-state index in [0.29, 0.717) is 41.2 Å². The van der Waals surface area contributed by atoms with Crippen molar-refractivity contribution < 1.29 is 28.5 Å². The summed E-state index contributed by atoms with van der Waals surface area (Å²) in [5.74, 6) is 0.0372. The predicted molar refractivity (Wildman–Crippen MR) is 126 cm³/mol. The van der Waals surface area contributed by atoms with Gasteiger partial charge in [-0.15, -0.1) is 5.11 Å². The lowest BCUT2D eigenvalue weighted by Crippen LogP contribution is -2.32. The number of amides is 1. The van der Waals surface area contributed by atoms with Crippen molar-refractivity contribution >= 4 is 46.3 Å². The summed E-state index contributed by atoms with van der Waals surface area (Å²) in [5, 5.41) is 11.0. The van der Waals surface area contributed by atoms with Gasteiger partial charge in [-0.25, -0.2) is 0 Å². The van der Waals surface area contributed by atoms with E-state index < -0.39 is 17.7 Å². The van der Waals surface area contributed by atoms with Crippen molar-refractivity contribution in [2.24, 2.45) is 10.2 Å². The minimum Gasteiger partial charge on any atom is -0.495 e. The van der Waals surface area contributed by atoms with E-state index in [9.17, 15) is 9.59 Å². The number of hydrogen-bond acceptors (Lipinski definition) is 8. The second kappa shape index (κ2) is 12.3. The zero-order chi connectivity index (χ0) is 24.5. The Morgan fingerprint density at radius 2 is 1.58 bits per heavy atom. The molecule has 0 spiro atoms. The fourth-order valence-corrected chi connectivity index (χ4v) is 3.23. The molecule has 2 rings (SSSR count). The minimum atomic E-state index is -1.46. The summed E-state index contributed by atoms with van der Waals surface area (Å²) < 4.78 is 21.4. The normalized spacial score (nSPS) is 11.7. The van der Waals surface area contributed by atoms with Crippen LogP contribution >= 0.6 is 23.2 Å². The van der Waals surface area contributed by atoms with Crippen LogP contribution in [0.4, 0.5) is 11.4 Å². The van der Waals surface area contributed by atoms with Crippen molar-refractivity contribution in [1.29, 1.82) is 0 Å². The Hall–Kier alpha value is -3.04. The molecule has 2 aromatic rings. The molecule has 0 aliphatic carbocycles. The molecule has 0 aliphatic rings. The summed E-state index contributed by atoms with van der Waals surface area (Å²) in [6.45, 7) is 5.51. The van der Waals surface area contributed by atoms with Gasteiger partial charge >= 0.3 is 0 Å². The Morgan fingerprint density at radius 1 is 0.970 bits per heavy atom. The van der Waals surface area contributed by atoms with E-state index >= 15 is 0 Å². The Labute approximate surface area is 202 Å². The van der Waals surface area contributed by atoms with Gasteiger partial charge in [0.25, 0.3) is 5.91 Å². The van der Waals surface area contributed by atoms with E-state index in [4.69, 9.17) is 42.1 Å². The summed E-state index contributed by atoms with van der Waals surface area (Å²) in [4.78, 5) is 25.2. The molecule has 1 unspecified atom stereocenters. The molecule has 2 aromatic carbocycles. The summed E-state index contributed by atoms with van der Waals surface area (Å²) in [6, 6.07) is 4.76. The van der Waals surface area contributed by atoms with Crippen molar-refractivity contribution in [2.75, 3.05) is 32.8 Å². The Balaban J connectivity index is 2.40. The first-order chi connectivity index (χ1) is 15.8. The monoisotopic (exact) mass is 497 g/mol. The van der Waals surface area contributed by atoms with E-state index in [1.54, 1.807) is 26.0 Å². The third kappa shape index (κ3) is 6.49. The summed E-state index contributed by atoms with van der Waals surface area (Å²) >= 11 is 12.5. The van der Waals surface area contributed by atoms with Crippen LogP contribution in [-0.2, 0) is 9.59 Å². The van der Waals surface area contributed by atoms with E-state index in [-0.39, 0.29) is 16.4 Å². The molecule has 0 aliphatic heterocycles. The van der Waals surface area contributed by atoms with Crippen LogP contribution in [0, 0.1) is 0 Å². The van der Waals surface area contributed by atoms with Gasteiger partial charge in [-0.2, -0.15) is 5.11 Å². The summed E-state index contributed by atoms with van der Waals surface area (Å²) in [6.07, 6.45) is 0. The Kier molecular flexibility index (Phi) is 9.74. The average molecular weight is 498 g/mol.